The van der Waals surface area contributed by atoms with Crippen molar-refractivity contribution in [3.05, 3.63) is 57.0 Å². The molecule has 1 heterocycles. The molecule has 2 rings (SSSR count). The zero-order valence-electron chi connectivity index (χ0n) is 13.6. The van der Waals surface area contributed by atoms with Gasteiger partial charge in [-0.1, -0.05) is 0 Å². The van der Waals surface area contributed by atoms with E-state index < -0.39 is 11.8 Å². The Balaban J connectivity index is 1.94. The molecule has 8 heteroatoms. The summed E-state index contributed by atoms with van der Waals surface area (Å²) in [6, 6.07) is 7.18. The van der Waals surface area contributed by atoms with Gasteiger partial charge in [0.2, 0.25) is 0 Å². The van der Waals surface area contributed by atoms with Gasteiger partial charge in [-0.15, -0.1) is 11.3 Å². The lowest BCUT2D eigenvalue weighted by Gasteiger charge is -2.08. The number of hydrogen-bond donors (Lipinski definition) is 2. The highest BCUT2D eigenvalue weighted by Crippen LogP contribution is 2.17. The van der Waals surface area contributed by atoms with Crippen LogP contribution in [0.2, 0.25) is 0 Å². The van der Waals surface area contributed by atoms with Gasteiger partial charge in [-0.2, -0.15) is 0 Å². The van der Waals surface area contributed by atoms with E-state index >= 15 is 0 Å². The van der Waals surface area contributed by atoms with E-state index in [0.29, 0.717) is 18.8 Å². The topological polar surface area (TPSA) is 84.9 Å². The van der Waals surface area contributed by atoms with Crippen LogP contribution in [0.5, 0.6) is 0 Å². The first-order chi connectivity index (χ1) is 12.0. The van der Waals surface area contributed by atoms with E-state index in [-0.39, 0.29) is 29.5 Å². The average Bonchev–Trinajstić information content (AvgIpc) is 3.07. The zero-order chi connectivity index (χ0) is 18.2. The van der Waals surface area contributed by atoms with Crippen molar-refractivity contribution in [1.82, 2.24) is 5.32 Å². The summed E-state index contributed by atoms with van der Waals surface area (Å²) >= 11 is 1.09. The van der Waals surface area contributed by atoms with E-state index in [1.165, 1.54) is 24.3 Å². The minimum absolute atomic E-state index is 0.0449. The van der Waals surface area contributed by atoms with Gasteiger partial charge in [-0.05, 0) is 30.3 Å². The Morgan fingerprint density at radius 3 is 2.72 bits per heavy atom. The monoisotopic (exact) mass is 367 g/mol. The Bertz CT molecular complexity index is 746. The standard InChI is InChI=1S/C17H18FNO5S/c1-23-6-7-24-10-12-8-11(2-4-14(12)18)16(20)19-9-13-3-5-15(25-13)17(21)22/h2-5,8H,6-7,9-10H2,1H3,(H,19,20)(H,21,22). The number of carboxylic acids is 1. The van der Waals surface area contributed by atoms with Crippen LogP contribution < -0.4 is 5.32 Å². The van der Waals surface area contributed by atoms with Gasteiger partial charge in [-0.25, -0.2) is 9.18 Å². The van der Waals surface area contributed by atoms with E-state index in [1.54, 1.807) is 13.2 Å². The van der Waals surface area contributed by atoms with Crippen molar-refractivity contribution in [2.45, 2.75) is 13.2 Å². The van der Waals surface area contributed by atoms with Crippen LogP contribution in [0, 0.1) is 5.82 Å². The molecule has 2 aromatic rings. The summed E-state index contributed by atoms with van der Waals surface area (Å²) in [6.45, 7) is 0.981. The van der Waals surface area contributed by atoms with Crippen molar-refractivity contribution in [3.63, 3.8) is 0 Å². The molecular weight excluding hydrogens is 349 g/mol. The molecule has 134 valence electrons. The quantitative estimate of drug-likeness (QED) is 0.666. The molecule has 0 spiro atoms. The fourth-order valence-corrected chi connectivity index (χ4v) is 2.79. The maximum absolute atomic E-state index is 13.8. The first kappa shape index (κ1) is 19.0. The maximum atomic E-state index is 13.8. The second-order valence-corrected chi connectivity index (χ2v) is 6.27. The van der Waals surface area contributed by atoms with Crippen molar-refractivity contribution in [1.29, 1.82) is 0 Å². The number of benzene rings is 1. The largest absolute Gasteiger partial charge is 0.477 e. The molecule has 25 heavy (non-hydrogen) atoms. The summed E-state index contributed by atoms with van der Waals surface area (Å²) in [5.74, 6) is -1.82. The molecule has 0 radical (unpaired) electrons. The molecule has 6 nitrogen and oxygen atoms in total. The third-order valence-electron chi connectivity index (χ3n) is 3.29. The number of carbonyl (C=O) groups is 2. The number of carbonyl (C=O) groups excluding carboxylic acids is 1. The van der Waals surface area contributed by atoms with Gasteiger partial charge < -0.3 is 19.9 Å². The van der Waals surface area contributed by atoms with Gasteiger partial charge in [-0.3, -0.25) is 4.79 Å². The summed E-state index contributed by atoms with van der Waals surface area (Å²) in [5.41, 5.74) is 0.592. The number of amides is 1. The zero-order valence-corrected chi connectivity index (χ0v) is 14.4. The third kappa shape index (κ3) is 5.63. The summed E-state index contributed by atoms with van der Waals surface area (Å²) in [7, 11) is 1.54. The number of aromatic carboxylic acids is 1. The van der Waals surface area contributed by atoms with Crippen molar-refractivity contribution in [2.24, 2.45) is 0 Å². The number of ether oxygens (including phenoxy) is 2. The SMILES string of the molecule is COCCOCc1cc(C(=O)NCc2ccc(C(=O)O)s2)ccc1F. The first-order valence-electron chi connectivity index (χ1n) is 7.46. The van der Waals surface area contributed by atoms with Crippen LogP contribution in [0.1, 0.15) is 30.5 Å². The smallest absolute Gasteiger partial charge is 0.345 e. The van der Waals surface area contributed by atoms with Crippen LogP contribution in [-0.2, 0) is 22.6 Å². The molecule has 0 aliphatic carbocycles. The van der Waals surface area contributed by atoms with Crippen molar-refractivity contribution < 1.29 is 28.6 Å². The van der Waals surface area contributed by atoms with Crippen LogP contribution in [0.25, 0.3) is 0 Å². The molecule has 0 saturated heterocycles. The Labute approximate surface area is 148 Å². The Kier molecular flexibility index (Phi) is 7.05. The second kappa shape index (κ2) is 9.26. The number of rotatable bonds is 9. The van der Waals surface area contributed by atoms with E-state index in [4.69, 9.17) is 14.6 Å². The van der Waals surface area contributed by atoms with Crippen LogP contribution in [0.3, 0.4) is 0 Å². The second-order valence-electron chi connectivity index (χ2n) is 5.11. The molecule has 1 aromatic heterocycles. The van der Waals surface area contributed by atoms with Gasteiger partial charge in [0, 0.05) is 23.1 Å². The Hall–Kier alpha value is -2.29. The third-order valence-corrected chi connectivity index (χ3v) is 4.37. The number of halogens is 1. The van der Waals surface area contributed by atoms with Gasteiger partial charge >= 0.3 is 5.97 Å². The van der Waals surface area contributed by atoms with Crippen LogP contribution in [-0.4, -0.2) is 37.3 Å². The molecule has 0 unspecified atom stereocenters. The van der Waals surface area contributed by atoms with Crippen LogP contribution in [0.4, 0.5) is 4.39 Å². The fraction of sp³-hybridized carbons (Fsp3) is 0.294. The molecule has 0 fully saturated rings. The molecule has 0 saturated carbocycles. The summed E-state index contributed by atoms with van der Waals surface area (Å²) < 4.78 is 23.9. The highest BCUT2D eigenvalue weighted by molar-refractivity contribution is 7.13. The van der Waals surface area contributed by atoms with Crippen molar-refractivity contribution >= 4 is 23.2 Å². The predicted octanol–water partition coefficient (Wildman–Crippen LogP) is 2.68. The number of thiophene rings is 1. The van der Waals surface area contributed by atoms with Crippen molar-refractivity contribution in [2.75, 3.05) is 20.3 Å². The number of hydrogen-bond acceptors (Lipinski definition) is 5. The van der Waals surface area contributed by atoms with Gasteiger partial charge in [0.25, 0.3) is 5.91 Å². The van der Waals surface area contributed by atoms with Gasteiger partial charge in [0.15, 0.2) is 0 Å². The predicted molar refractivity (Wildman–Crippen MR) is 90.4 cm³/mol. The lowest BCUT2D eigenvalue weighted by Crippen LogP contribution is -2.22. The minimum Gasteiger partial charge on any atom is -0.477 e. The summed E-state index contributed by atoms with van der Waals surface area (Å²) in [6.07, 6.45) is 0. The molecule has 0 bridgehead atoms. The molecule has 1 amide bonds. The van der Waals surface area contributed by atoms with E-state index in [1.807, 2.05) is 0 Å². The van der Waals surface area contributed by atoms with E-state index in [9.17, 15) is 14.0 Å². The lowest BCUT2D eigenvalue weighted by molar-refractivity contribution is 0.0604. The molecular formula is C17H18FNO5S. The molecule has 1 aromatic carbocycles. The summed E-state index contributed by atoms with van der Waals surface area (Å²) in [4.78, 5) is 24.0. The molecule has 0 atom stereocenters. The van der Waals surface area contributed by atoms with Crippen molar-refractivity contribution in [3.8, 4) is 0 Å². The highest BCUT2D eigenvalue weighted by atomic mass is 32.1. The summed E-state index contributed by atoms with van der Waals surface area (Å²) in [5, 5.41) is 11.6. The lowest BCUT2D eigenvalue weighted by atomic mass is 10.1. The molecule has 2 N–H and O–H groups in total. The average molecular weight is 367 g/mol. The Morgan fingerprint density at radius 1 is 1.24 bits per heavy atom. The first-order valence-corrected chi connectivity index (χ1v) is 8.28. The van der Waals surface area contributed by atoms with Crippen LogP contribution in [0.15, 0.2) is 30.3 Å². The Morgan fingerprint density at radius 2 is 2.04 bits per heavy atom. The minimum atomic E-state index is -1.00. The molecule has 0 aliphatic rings. The number of methoxy groups -OCH3 is 1. The van der Waals surface area contributed by atoms with Gasteiger partial charge in [0.05, 0.1) is 26.4 Å². The van der Waals surface area contributed by atoms with E-state index in [2.05, 4.69) is 5.32 Å². The fourth-order valence-electron chi connectivity index (χ4n) is 2.01. The highest BCUT2D eigenvalue weighted by Gasteiger charge is 2.12. The normalized spacial score (nSPS) is 10.6. The molecule has 0 aliphatic heterocycles. The number of carboxylic acid groups (broad SMARTS) is 1. The maximum Gasteiger partial charge on any atom is 0.345 e. The van der Waals surface area contributed by atoms with Crippen LogP contribution >= 0.6 is 11.3 Å². The van der Waals surface area contributed by atoms with Gasteiger partial charge in [0.1, 0.15) is 10.7 Å². The number of nitrogens with one attached hydrogen (secondary N) is 1. The van der Waals surface area contributed by atoms with E-state index in [0.717, 1.165) is 16.2 Å².